The van der Waals surface area contributed by atoms with Crippen LogP contribution in [-0.4, -0.2) is 18.3 Å². The lowest BCUT2D eigenvalue weighted by atomic mass is 10.4. The topological polar surface area (TPSA) is 34.5 Å². The highest BCUT2D eigenvalue weighted by atomic mass is 35.5. The van der Waals surface area contributed by atoms with Gasteiger partial charge in [0.1, 0.15) is 12.3 Å². The quantitative estimate of drug-likeness (QED) is 0.385. The van der Waals surface area contributed by atoms with Gasteiger partial charge in [0.05, 0.1) is 11.9 Å². The number of hydrogen-bond donors (Lipinski definition) is 0. The Labute approximate surface area is 69.6 Å². The first kappa shape index (κ1) is 8.01. The third kappa shape index (κ3) is 2.55. The van der Waals surface area contributed by atoms with E-state index in [9.17, 15) is 0 Å². The fourth-order valence-electron chi connectivity index (χ4n) is 0.603. The van der Waals surface area contributed by atoms with Crippen LogP contribution in [0.15, 0.2) is 23.4 Å². The van der Waals surface area contributed by atoms with Crippen molar-refractivity contribution < 1.29 is 4.84 Å². The van der Waals surface area contributed by atoms with Gasteiger partial charge in [-0.3, -0.25) is 0 Å². The van der Waals surface area contributed by atoms with E-state index in [-0.39, 0.29) is 0 Å². The van der Waals surface area contributed by atoms with Gasteiger partial charge in [-0.05, 0) is 12.1 Å². The minimum Gasteiger partial charge on any atom is -0.399 e. The molecule has 0 spiro atoms. The van der Waals surface area contributed by atoms with Crippen molar-refractivity contribution in [3.05, 3.63) is 29.0 Å². The van der Waals surface area contributed by atoms with Crippen LogP contribution in [0.25, 0.3) is 0 Å². The summed E-state index contributed by atoms with van der Waals surface area (Å²) in [5.74, 6) is 0. The van der Waals surface area contributed by atoms with E-state index in [1.165, 1.54) is 13.3 Å². The van der Waals surface area contributed by atoms with Gasteiger partial charge >= 0.3 is 0 Å². The van der Waals surface area contributed by atoms with Crippen molar-refractivity contribution in [2.45, 2.75) is 0 Å². The van der Waals surface area contributed by atoms with E-state index in [4.69, 9.17) is 11.6 Å². The van der Waals surface area contributed by atoms with Crippen LogP contribution in [0.1, 0.15) is 5.69 Å². The minimum atomic E-state index is 0.449. The van der Waals surface area contributed by atoms with E-state index in [1.807, 2.05) is 0 Å². The molecule has 1 aromatic heterocycles. The average Bonchev–Trinajstić information content (AvgIpc) is 2.01. The monoisotopic (exact) mass is 170 g/mol. The molecule has 4 heteroatoms. The smallest absolute Gasteiger partial charge is 0.129 e. The van der Waals surface area contributed by atoms with Crippen molar-refractivity contribution >= 4 is 17.8 Å². The Kier molecular flexibility index (Phi) is 2.86. The van der Waals surface area contributed by atoms with Crippen LogP contribution in [-0.2, 0) is 4.84 Å². The molecule has 0 aliphatic rings. The summed E-state index contributed by atoms with van der Waals surface area (Å²) in [6.07, 6.45) is 1.49. The van der Waals surface area contributed by atoms with Crippen LogP contribution >= 0.6 is 11.6 Å². The summed E-state index contributed by atoms with van der Waals surface area (Å²) in [4.78, 5) is 8.42. The van der Waals surface area contributed by atoms with Crippen molar-refractivity contribution in [1.29, 1.82) is 0 Å². The lowest BCUT2D eigenvalue weighted by Gasteiger charge is -1.91. The molecule has 0 radical (unpaired) electrons. The van der Waals surface area contributed by atoms with E-state index >= 15 is 0 Å². The van der Waals surface area contributed by atoms with Gasteiger partial charge < -0.3 is 4.84 Å². The second kappa shape index (κ2) is 3.93. The molecule has 0 unspecified atom stereocenters. The number of aromatic nitrogens is 1. The van der Waals surface area contributed by atoms with E-state index in [0.717, 1.165) is 0 Å². The first-order chi connectivity index (χ1) is 5.33. The van der Waals surface area contributed by atoms with Crippen molar-refractivity contribution in [2.75, 3.05) is 7.11 Å². The highest BCUT2D eigenvalue weighted by Gasteiger charge is 1.89. The zero-order valence-electron chi connectivity index (χ0n) is 5.99. The van der Waals surface area contributed by atoms with Gasteiger partial charge in [0.2, 0.25) is 0 Å². The molecular weight excluding hydrogens is 164 g/mol. The Morgan fingerprint density at radius 1 is 1.64 bits per heavy atom. The maximum Gasteiger partial charge on any atom is 0.129 e. The second-order valence-electron chi connectivity index (χ2n) is 1.80. The zero-order valence-corrected chi connectivity index (χ0v) is 6.75. The van der Waals surface area contributed by atoms with E-state index in [0.29, 0.717) is 10.8 Å². The number of hydrogen-bond acceptors (Lipinski definition) is 3. The first-order valence-corrected chi connectivity index (χ1v) is 3.40. The summed E-state index contributed by atoms with van der Waals surface area (Å²) >= 11 is 5.61. The van der Waals surface area contributed by atoms with E-state index < -0.39 is 0 Å². The molecule has 0 amide bonds. The molecule has 1 rings (SSSR count). The summed E-state index contributed by atoms with van der Waals surface area (Å²) in [7, 11) is 1.47. The van der Waals surface area contributed by atoms with Crippen LogP contribution in [0.5, 0.6) is 0 Å². The zero-order chi connectivity index (χ0) is 8.10. The molecule has 0 bridgehead atoms. The van der Waals surface area contributed by atoms with Crippen LogP contribution in [0.4, 0.5) is 0 Å². The van der Waals surface area contributed by atoms with E-state index in [2.05, 4.69) is 15.0 Å². The van der Waals surface area contributed by atoms with Gasteiger partial charge in [-0.15, -0.1) is 0 Å². The number of pyridine rings is 1. The molecule has 0 aliphatic carbocycles. The normalized spacial score (nSPS) is 10.4. The van der Waals surface area contributed by atoms with Gasteiger partial charge in [-0.1, -0.05) is 22.8 Å². The standard InChI is InChI=1S/C7H7ClN2O/c1-11-9-5-6-3-2-4-7(8)10-6/h2-5H,1H3. The minimum absolute atomic E-state index is 0.449. The largest absolute Gasteiger partial charge is 0.399 e. The lowest BCUT2D eigenvalue weighted by Crippen LogP contribution is -1.86. The summed E-state index contributed by atoms with van der Waals surface area (Å²) in [6, 6.07) is 5.28. The highest BCUT2D eigenvalue weighted by Crippen LogP contribution is 2.02. The van der Waals surface area contributed by atoms with Gasteiger partial charge in [-0.25, -0.2) is 4.98 Å². The maximum absolute atomic E-state index is 5.61. The Bertz CT molecular complexity index is 262. The molecule has 58 valence electrons. The van der Waals surface area contributed by atoms with Crippen LogP contribution in [0.3, 0.4) is 0 Å². The average molecular weight is 171 g/mol. The van der Waals surface area contributed by atoms with Crippen LogP contribution < -0.4 is 0 Å². The van der Waals surface area contributed by atoms with E-state index in [1.54, 1.807) is 18.2 Å². The maximum atomic E-state index is 5.61. The summed E-state index contributed by atoms with van der Waals surface area (Å²) < 4.78 is 0. The SMILES string of the molecule is CON=Cc1cccc(Cl)n1. The summed E-state index contributed by atoms with van der Waals surface area (Å²) in [6.45, 7) is 0. The molecule has 0 aromatic carbocycles. The van der Waals surface area contributed by atoms with Crippen molar-refractivity contribution in [3.8, 4) is 0 Å². The third-order valence-corrected chi connectivity index (χ3v) is 1.24. The van der Waals surface area contributed by atoms with Gasteiger partial charge in [0.15, 0.2) is 0 Å². The lowest BCUT2D eigenvalue weighted by molar-refractivity contribution is 0.215. The molecule has 0 N–H and O–H groups in total. The predicted molar refractivity (Wildman–Crippen MR) is 43.9 cm³/mol. The number of nitrogens with zero attached hydrogens (tertiary/aromatic N) is 2. The molecule has 0 fully saturated rings. The van der Waals surface area contributed by atoms with Crippen molar-refractivity contribution in [3.63, 3.8) is 0 Å². The fourth-order valence-corrected chi connectivity index (χ4v) is 0.773. The fraction of sp³-hybridized carbons (Fsp3) is 0.143. The highest BCUT2D eigenvalue weighted by molar-refractivity contribution is 6.29. The Morgan fingerprint density at radius 2 is 2.45 bits per heavy atom. The second-order valence-corrected chi connectivity index (χ2v) is 2.19. The summed E-state index contributed by atoms with van der Waals surface area (Å²) in [5, 5.41) is 3.99. The first-order valence-electron chi connectivity index (χ1n) is 3.02. The molecular formula is C7H7ClN2O. The molecule has 1 heterocycles. The van der Waals surface area contributed by atoms with Crippen molar-refractivity contribution in [2.24, 2.45) is 5.16 Å². The number of halogens is 1. The van der Waals surface area contributed by atoms with Crippen molar-refractivity contribution in [1.82, 2.24) is 4.98 Å². The van der Waals surface area contributed by atoms with Gasteiger partial charge in [0, 0.05) is 0 Å². The van der Waals surface area contributed by atoms with Gasteiger partial charge in [-0.2, -0.15) is 0 Å². The summed E-state index contributed by atoms with van der Waals surface area (Å²) in [5.41, 5.74) is 0.680. The molecule has 0 saturated carbocycles. The Hall–Kier alpha value is -1.09. The number of rotatable bonds is 2. The number of oxime groups is 1. The Balaban J connectivity index is 2.79. The molecule has 0 saturated heterocycles. The Morgan fingerprint density at radius 3 is 3.09 bits per heavy atom. The van der Waals surface area contributed by atoms with Gasteiger partial charge in [0.25, 0.3) is 0 Å². The third-order valence-electron chi connectivity index (χ3n) is 1.03. The molecule has 1 aromatic rings. The van der Waals surface area contributed by atoms with Crippen LogP contribution in [0.2, 0.25) is 5.15 Å². The predicted octanol–water partition coefficient (Wildman–Crippen LogP) is 1.72. The molecule has 3 nitrogen and oxygen atoms in total. The van der Waals surface area contributed by atoms with Crippen LogP contribution in [0, 0.1) is 0 Å². The molecule has 11 heavy (non-hydrogen) atoms. The molecule has 0 aliphatic heterocycles. The molecule has 0 atom stereocenters.